The number of hydrogen-bond acceptors (Lipinski definition) is 4. The van der Waals surface area contributed by atoms with E-state index in [1.807, 2.05) is 19.9 Å². The van der Waals surface area contributed by atoms with Gasteiger partial charge in [0.25, 0.3) is 5.91 Å². The lowest BCUT2D eigenvalue weighted by molar-refractivity contribution is 0.0953. The standard InChI is InChI=1S/C22H22FNO3S2/c1-14-9-15(2)11-17(10-14)22(25)24-13-21(20-5-4-8-28-20)29(26,27)18-6-7-19(23)16(3)12-18/h4-12,21H,13H2,1-3H3,(H,24,25)/t21-/m0/s1. The second-order valence-electron chi connectivity index (χ2n) is 7.05. The van der Waals surface area contributed by atoms with Gasteiger partial charge in [0.05, 0.1) is 4.90 Å². The maximum Gasteiger partial charge on any atom is 0.251 e. The van der Waals surface area contributed by atoms with Crippen molar-refractivity contribution in [3.8, 4) is 0 Å². The molecule has 1 aromatic heterocycles. The Kier molecular flexibility index (Phi) is 6.19. The predicted molar refractivity (Wildman–Crippen MR) is 114 cm³/mol. The van der Waals surface area contributed by atoms with Gasteiger partial charge in [-0.3, -0.25) is 4.79 Å². The van der Waals surface area contributed by atoms with Crippen molar-refractivity contribution in [2.24, 2.45) is 0 Å². The first-order valence-corrected chi connectivity index (χ1v) is 11.5. The highest BCUT2D eigenvalue weighted by molar-refractivity contribution is 7.91. The molecule has 3 rings (SSSR count). The molecule has 0 aliphatic rings. The molecule has 7 heteroatoms. The number of thiophene rings is 1. The van der Waals surface area contributed by atoms with E-state index >= 15 is 0 Å². The highest BCUT2D eigenvalue weighted by atomic mass is 32.2. The molecule has 2 aromatic carbocycles. The van der Waals surface area contributed by atoms with Crippen molar-refractivity contribution < 1.29 is 17.6 Å². The van der Waals surface area contributed by atoms with Crippen LogP contribution in [-0.4, -0.2) is 20.9 Å². The van der Waals surface area contributed by atoms with Crippen LogP contribution in [0.4, 0.5) is 4.39 Å². The van der Waals surface area contributed by atoms with Gasteiger partial charge >= 0.3 is 0 Å². The average molecular weight is 432 g/mol. The van der Waals surface area contributed by atoms with E-state index in [4.69, 9.17) is 0 Å². The molecule has 0 saturated heterocycles. The molecule has 29 heavy (non-hydrogen) atoms. The largest absolute Gasteiger partial charge is 0.350 e. The number of aryl methyl sites for hydroxylation is 3. The van der Waals surface area contributed by atoms with E-state index in [2.05, 4.69) is 5.32 Å². The fraction of sp³-hybridized carbons (Fsp3) is 0.227. The van der Waals surface area contributed by atoms with E-state index < -0.39 is 20.9 Å². The van der Waals surface area contributed by atoms with Crippen LogP contribution in [-0.2, 0) is 9.84 Å². The van der Waals surface area contributed by atoms with Crippen LogP contribution in [0.2, 0.25) is 0 Å². The summed E-state index contributed by atoms with van der Waals surface area (Å²) >= 11 is 1.31. The Balaban J connectivity index is 1.90. The Bertz CT molecular complexity index is 1120. The molecule has 1 amide bonds. The molecule has 0 aliphatic carbocycles. The SMILES string of the molecule is Cc1cc(C)cc(C(=O)NC[C@@H](c2cccs2)S(=O)(=O)c2ccc(F)c(C)c2)c1. The number of carbonyl (C=O) groups excluding carboxylic acids is 1. The summed E-state index contributed by atoms with van der Waals surface area (Å²) < 4.78 is 40.2. The number of nitrogens with one attached hydrogen (secondary N) is 1. The van der Waals surface area contributed by atoms with Gasteiger partial charge in [0.2, 0.25) is 0 Å². The first-order valence-electron chi connectivity index (χ1n) is 9.08. The molecular formula is C22H22FNO3S2. The van der Waals surface area contributed by atoms with Gasteiger partial charge in [-0.1, -0.05) is 23.3 Å². The number of hydrogen-bond donors (Lipinski definition) is 1. The van der Waals surface area contributed by atoms with Crippen molar-refractivity contribution in [2.75, 3.05) is 6.54 Å². The zero-order valence-electron chi connectivity index (χ0n) is 16.4. The Morgan fingerprint density at radius 2 is 1.76 bits per heavy atom. The third-order valence-electron chi connectivity index (χ3n) is 4.62. The van der Waals surface area contributed by atoms with Crippen LogP contribution in [0, 0.1) is 26.6 Å². The highest BCUT2D eigenvalue weighted by Gasteiger charge is 2.31. The van der Waals surface area contributed by atoms with Crippen LogP contribution in [0.15, 0.2) is 58.8 Å². The summed E-state index contributed by atoms with van der Waals surface area (Å²) in [5.41, 5.74) is 2.66. The van der Waals surface area contributed by atoms with Crippen molar-refractivity contribution in [3.63, 3.8) is 0 Å². The third kappa shape index (κ3) is 4.74. The normalized spacial score (nSPS) is 12.6. The van der Waals surface area contributed by atoms with E-state index in [1.165, 1.54) is 30.4 Å². The molecule has 0 bridgehead atoms. The fourth-order valence-corrected chi connectivity index (χ4v) is 6.06. The summed E-state index contributed by atoms with van der Waals surface area (Å²) in [6, 6.07) is 12.7. The topological polar surface area (TPSA) is 63.2 Å². The molecule has 0 aliphatic heterocycles. The van der Waals surface area contributed by atoms with Gasteiger partial charge in [-0.05, 0) is 68.1 Å². The fourth-order valence-electron chi connectivity index (χ4n) is 3.19. The number of rotatable bonds is 6. The van der Waals surface area contributed by atoms with Gasteiger partial charge in [0, 0.05) is 17.0 Å². The molecular weight excluding hydrogens is 409 g/mol. The molecule has 0 spiro atoms. The van der Waals surface area contributed by atoms with Gasteiger partial charge in [-0.25, -0.2) is 12.8 Å². The Labute approximate surface area is 174 Å². The van der Waals surface area contributed by atoms with Gasteiger partial charge in [-0.2, -0.15) is 0 Å². The maximum absolute atomic E-state index is 13.6. The smallest absolute Gasteiger partial charge is 0.251 e. The van der Waals surface area contributed by atoms with E-state index in [-0.39, 0.29) is 22.9 Å². The monoisotopic (exact) mass is 431 g/mol. The van der Waals surface area contributed by atoms with E-state index in [1.54, 1.807) is 29.6 Å². The molecule has 0 saturated carbocycles. The van der Waals surface area contributed by atoms with Crippen LogP contribution in [0.5, 0.6) is 0 Å². The number of amides is 1. The lowest BCUT2D eigenvalue weighted by atomic mass is 10.1. The van der Waals surface area contributed by atoms with Crippen molar-refractivity contribution in [1.29, 1.82) is 0 Å². The zero-order valence-corrected chi connectivity index (χ0v) is 18.0. The molecule has 1 N–H and O–H groups in total. The summed E-state index contributed by atoms with van der Waals surface area (Å²) in [5.74, 6) is -0.788. The van der Waals surface area contributed by atoms with Crippen LogP contribution < -0.4 is 5.32 Å². The van der Waals surface area contributed by atoms with Gasteiger partial charge in [0.15, 0.2) is 9.84 Å². The van der Waals surface area contributed by atoms with E-state index in [0.29, 0.717) is 10.4 Å². The van der Waals surface area contributed by atoms with Gasteiger partial charge in [-0.15, -0.1) is 11.3 Å². The molecule has 1 atom stereocenters. The Morgan fingerprint density at radius 3 is 2.34 bits per heavy atom. The average Bonchev–Trinajstić information content (AvgIpc) is 3.17. The maximum atomic E-state index is 13.6. The molecule has 0 fully saturated rings. The van der Waals surface area contributed by atoms with Crippen molar-refractivity contribution in [1.82, 2.24) is 5.32 Å². The summed E-state index contributed by atoms with van der Waals surface area (Å²) in [5, 5.41) is 3.59. The molecule has 3 aromatic rings. The van der Waals surface area contributed by atoms with Crippen LogP contribution in [0.3, 0.4) is 0 Å². The minimum atomic E-state index is -3.83. The first-order chi connectivity index (χ1) is 13.7. The van der Waals surface area contributed by atoms with Gasteiger partial charge in [0.1, 0.15) is 11.1 Å². The highest BCUT2D eigenvalue weighted by Crippen LogP contribution is 2.32. The second-order valence-corrected chi connectivity index (χ2v) is 10.2. The zero-order chi connectivity index (χ0) is 21.2. The molecule has 4 nitrogen and oxygen atoms in total. The Hall–Kier alpha value is -2.51. The summed E-state index contributed by atoms with van der Waals surface area (Å²) in [7, 11) is -3.83. The van der Waals surface area contributed by atoms with Crippen molar-refractivity contribution >= 4 is 27.1 Å². The molecule has 152 valence electrons. The Morgan fingerprint density at radius 1 is 1.07 bits per heavy atom. The number of sulfone groups is 1. The third-order valence-corrected chi connectivity index (χ3v) is 7.84. The molecule has 0 unspecified atom stereocenters. The van der Waals surface area contributed by atoms with E-state index in [0.717, 1.165) is 17.2 Å². The lowest BCUT2D eigenvalue weighted by Gasteiger charge is -2.18. The quantitative estimate of drug-likeness (QED) is 0.573. The minimum Gasteiger partial charge on any atom is -0.350 e. The van der Waals surface area contributed by atoms with E-state index in [9.17, 15) is 17.6 Å². The van der Waals surface area contributed by atoms with Crippen molar-refractivity contribution in [3.05, 3.63) is 86.9 Å². The minimum absolute atomic E-state index is 0.0375. The van der Waals surface area contributed by atoms with Crippen LogP contribution >= 0.6 is 11.3 Å². The first kappa shape index (κ1) is 21.2. The number of halogens is 1. The van der Waals surface area contributed by atoms with Crippen molar-refractivity contribution in [2.45, 2.75) is 30.9 Å². The molecule has 1 heterocycles. The van der Waals surface area contributed by atoms with Crippen LogP contribution in [0.25, 0.3) is 0 Å². The lowest BCUT2D eigenvalue weighted by Crippen LogP contribution is -2.31. The number of benzene rings is 2. The summed E-state index contributed by atoms with van der Waals surface area (Å²) in [4.78, 5) is 13.3. The van der Waals surface area contributed by atoms with Crippen LogP contribution in [0.1, 0.15) is 37.2 Å². The second kappa shape index (κ2) is 8.47. The number of carbonyl (C=O) groups is 1. The summed E-state index contributed by atoms with van der Waals surface area (Å²) in [6.45, 7) is 5.25. The molecule has 0 radical (unpaired) electrons. The predicted octanol–water partition coefficient (Wildman–Crippen LogP) is 4.76. The van der Waals surface area contributed by atoms with Gasteiger partial charge < -0.3 is 5.32 Å². The summed E-state index contributed by atoms with van der Waals surface area (Å²) in [6.07, 6.45) is 0.